The molecule has 0 bridgehead atoms. The number of fused-ring (bicyclic) bond motifs is 2. The molecule has 4 heteroatoms. The average molecular weight is 389 g/mol. The van der Waals surface area contributed by atoms with E-state index in [-0.39, 0.29) is 0 Å². The molecule has 0 spiro atoms. The third kappa shape index (κ3) is 3.17. The Morgan fingerprint density at radius 2 is 1.83 bits per heavy atom. The van der Waals surface area contributed by atoms with Gasteiger partial charge in [0.05, 0.1) is 5.69 Å². The van der Waals surface area contributed by atoms with Gasteiger partial charge in [0.25, 0.3) is 0 Å². The summed E-state index contributed by atoms with van der Waals surface area (Å²) in [7, 11) is 2.23. The normalized spacial score (nSPS) is 19.1. The highest BCUT2D eigenvalue weighted by Gasteiger charge is 2.28. The number of rotatable bonds is 1. The Bertz CT molecular complexity index is 710. The van der Waals surface area contributed by atoms with Crippen molar-refractivity contribution in [2.24, 2.45) is 0 Å². The monoisotopic (exact) mass is 388 g/mol. The maximum Gasteiger partial charge on any atom is 0.0513 e. The molecule has 2 aromatic rings. The van der Waals surface area contributed by atoms with E-state index in [1.807, 2.05) is 11.8 Å². The summed E-state index contributed by atoms with van der Waals surface area (Å²) in [6, 6.07) is 16.2. The third-order valence-electron chi connectivity index (χ3n) is 4.89. The predicted molar refractivity (Wildman–Crippen MR) is 101 cm³/mol. The molecule has 2 heterocycles. The predicted octanol–water partition coefficient (Wildman–Crippen LogP) is 5.01. The second kappa shape index (κ2) is 6.50. The molecule has 0 aliphatic carbocycles. The second-order valence-corrected chi connectivity index (χ2v) is 8.48. The Morgan fingerprint density at radius 3 is 2.65 bits per heavy atom. The Morgan fingerprint density at radius 1 is 1.04 bits per heavy atom. The molecular formula is C19H21BrN2S. The van der Waals surface area contributed by atoms with Crippen molar-refractivity contribution in [3.8, 4) is 0 Å². The number of anilines is 1. The first-order valence-corrected chi connectivity index (χ1v) is 9.82. The van der Waals surface area contributed by atoms with Crippen LogP contribution in [-0.4, -0.2) is 31.1 Å². The van der Waals surface area contributed by atoms with E-state index >= 15 is 0 Å². The SMILES string of the molecule is CN1CCC(N2Cc3cc(Br)ccc3Sc3ccccc32)CC1. The van der Waals surface area contributed by atoms with Crippen LogP contribution in [0.15, 0.2) is 56.7 Å². The van der Waals surface area contributed by atoms with Crippen LogP contribution in [0, 0.1) is 0 Å². The summed E-state index contributed by atoms with van der Waals surface area (Å²) in [6.07, 6.45) is 2.50. The zero-order valence-electron chi connectivity index (χ0n) is 13.3. The van der Waals surface area contributed by atoms with Gasteiger partial charge in [-0.05, 0) is 68.9 Å². The Hall–Kier alpha value is -0.970. The van der Waals surface area contributed by atoms with E-state index in [1.165, 1.54) is 51.4 Å². The molecule has 23 heavy (non-hydrogen) atoms. The molecule has 1 saturated heterocycles. The molecule has 0 saturated carbocycles. The zero-order valence-corrected chi connectivity index (χ0v) is 15.7. The van der Waals surface area contributed by atoms with E-state index in [0.29, 0.717) is 6.04 Å². The minimum atomic E-state index is 0.637. The van der Waals surface area contributed by atoms with Gasteiger partial charge in [0.2, 0.25) is 0 Å². The minimum Gasteiger partial charge on any atom is -0.363 e. The largest absolute Gasteiger partial charge is 0.363 e. The van der Waals surface area contributed by atoms with Crippen molar-refractivity contribution < 1.29 is 0 Å². The van der Waals surface area contributed by atoms with E-state index in [0.717, 1.165) is 6.54 Å². The number of benzene rings is 2. The highest BCUT2D eigenvalue weighted by atomic mass is 79.9. The van der Waals surface area contributed by atoms with E-state index in [9.17, 15) is 0 Å². The van der Waals surface area contributed by atoms with E-state index in [4.69, 9.17) is 0 Å². The lowest BCUT2D eigenvalue weighted by molar-refractivity contribution is 0.248. The maximum atomic E-state index is 3.64. The summed E-state index contributed by atoms with van der Waals surface area (Å²) in [5.74, 6) is 0. The number of likely N-dealkylation sites (tertiary alicyclic amines) is 1. The number of para-hydroxylation sites is 1. The molecule has 120 valence electrons. The van der Waals surface area contributed by atoms with Gasteiger partial charge in [0, 0.05) is 26.9 Å². The fourth-order valence-electron chi connectivity index (χ4n) is 3.57. The van der Waals surface area contributed by atoms with Crippen LogP contribution in [-0.2, 0) is 6.54 Å². The van der Waals surface area contributed by atoms with Gasteiger partial charge >= 0.3 is 0 Å². The van der Waals surface area contributed by atoms with Crippen molar-refractivity contribution in [3.05, 3.63) is 52.5 Å². The lowest BCUT2D eigenvalue weighted by Gasteiger charge is -2.39. The van der Waals surface area contributed by atoms with E-state index in [2.05, 4.69) is 75.2 Å². The van der Waals surface area contributed by atoms with Crippen molar-refractivity contribution in [2.45, 2.75) is 35.2 Å². The van der Waals surface area contributed by atoms with Crippen molar-refractivity contribution in [1.29, 1.82) is 0 Å². The van der Waals surface area contributed by atoms with E-state index in [1.54, 1.807) is 0 Å². The molecule has 2 aromatic carbocycles. The van der Waals surface area contributed by atoms with Crippen molar-refractivity contribution in [1.82, 2.24) is 4.90 Å². The van der Waals surface area contributed by atoms with Crippen molar-refractivity contribution in [3.63, 3.8) is 0 Å². The van der Waals surface area contributed by atoms with Gasteiger partial charge in [-0.2, -0.15) is 0 Å². The summed E-state index contributed by atoms with van der Waals surface area (Å²) in [4.78, 5) is 7.86. The molecule has 0 atom stereocenters. The van der Waals surface area contributed by atoms with Crippen molar-refractivity contribution >= 4 is 33.4 Å². The molecule has 0 aromatic heterocycles. The molecule has 0 amide bonds. The van der Waals surface area contributed by atoms with Gasteiger partial charge in [-0.1, -0.05) is 39.8 Å². The topological polar surface area (TPSA) is 6.48 Å². The molecule has 2 aliphatic heterocycles. The lowest BCUT2D eigenvalue weighted by atomic mass is 10.0. The molecule has 0 unspecified atom stereocenters. The number of hydrogen-bond donors (Lipinski definition) is 0. The quantitative estimate of drug-likeness (QED) is 0.677. The summed E-state index contributed by atoms with van der Waals surface area (Å²) >= 11 is 5.55. The Balaban J connectivity index is 1.74. The molecule has 2 aliphatic rings. The molecular weight excluding hydrogens is 368 g/mol. The van der Waals surface area contributed by atoms with Crippen LogP contribution in [0.25, 0.3) is 0 Å². The fourth-order valence-corrected chi connectivity index (χ4v) is 5.04. The Labute approximate surface area is 151 Å². The lowest BCUT2D eigenvalue weighted by Crippen LogP contribution is -2.43. The van der Waals surface area contributed by atoms with Gasteiger partial charge < -0.3 is 9.80 Å². The first-order chi connectivity index (χ1) is 11.2. The maximum absolute atomic E-state index is 3.64. The first kappa shape index (κ1) is 15.6. The van der Waals surface area contributed by atoms with Crippen LogP contribution in [0.1, 0.15) is 18.4 Å². The highest BCUT2D eigenvalue weighted by molar-refractivity contribution is 9.10. The molecule has 0 N–H and O–H groups in total. The minimum absolute atomic E-state index is 0.637. The molecule has 0 radical (unpaired) electrons. The van der Waals surface area contributed by atoms with Crippen LogP contribution in [0.2, 0.25) is 0 Å². The summed E-state index contributed by atoms with van der Waals surface area (Å²) < 4.78 is 1.17. The molecule has 1 fully saturated rings. The van der Waals surface area contributed by atoms with Crippen LogP contribution < -0.4 is 4.90 Å². The number of nitrogens with zero attached hydrogens (tertiary/aromatic N) is 2. The second-order valence-electron chi connectivity index (χ2n) is 6.48. The number of halogens is 1. The van der Waals surface area contributed by atoms with Crippen LogP contribution >= 0.6 is 27.7 Å². The van der Waals surface area contributed by atoms with Gasteiger partial charge in [-0.15, -0.1) is 0 Å². The number of piperidine rings is 1. The summed E-state index contributed by atoms with van der Waals surface area (Å²) in [5, 5.41) is 0. The highest BCUT2D eigenvalue weighted by Crippen LogP contribution is 2.43. The van der Waals surface area contributed by atoms with Gasteiger partial charge in [0.1, 0.15) is 0 Å². The zero-order chi connectivity index (χ0) is 15.8. The van der Waals surface area contributed by atoms with Crippen LogP contribution in [0.3, 0.4) is 0 Å². The average Bonchev–Trinajstić information content (AvgIpc) is 2.72. The fraction of sp³-hybridized carbons (Fsp3) is 0.368. The summed E-state index contributed by atoms with van der Waals surface area (Å²) in [6.45, 7) is 3.40. The smallest absolute Gasteiger partial charge is 0.0513 e. The molecule has 4 rings (SSSR count). The first-order valence-electron chi connectivity index (χ1n) is 8.21. The third-order valence-corrected chi connectivity index (χ3v) is 6.56. The standard InChI is InChI=1S/C19H21BrN2S/c1-21-10-8-16(9-11-21)22-13-14-12-15(20)6-7-18(14)23-19-5-3-2-4-17(19)22/h2-7,12,16H,8-11,13H2,1H3. The van der Waals surface area contributed by atoms with Crippen LogP contribution in [0.5, 0.6) is 0 Å². The molecule has 2 nitrogen and oxygen atoms in total. The van der Waals surface area contributed by atoms with E-state index < -0.39 is 0 Å². The van der Waals surface area contributed by atoms with Crippen molar-refractivity contribution in [2.75, 3.05) is 25.0 Å². The van der Waals surface area contributed by atoms with Crippen LogP contribution in [0.4, 0.5) is 5.69 Å². The number of hydrogen-bond acceptors (Lipinski definition) is 3. The van der Waals surface area contributed by atoms with Gasteiger partial charge in [0.15, 0.2) is 0 Å². The van der Waals surface area contributed by atoms with Gasteiger partial charge in [-0.25, -0.2) is 0 Å². The Kier molecular flexibility index (Phi) is 4.39. The van der Waals surface area contributed by atoms with Gasteiger partial charge in [-0.3, -0.25) is 0 Å². The summed E-state index contributed by atoms with van der Waals surface area (Å²) in [5.41, 5.74) is 2.83.